The molecular weight excluding hydrogens is 242 g/mol. The third kappa shape index (κ3) is 3.19. The van der Waals surface area contributed by atoms with Crippen LogP contribution >= 0.6 is 0 Å². The lowest BCUT2D eigenvalue weighted by molar-refractivity contribution is 0.124. The van der Waals surface area contributed by atoms with Crippen molar-refractivity contribution in [3.8, 4) is 0 Å². The minimum absolute atomic E-state index is 0.169. The highest BCUT2D eigenvalue weighted by atomic mass is 16.4. The van der Waals surface area contributed by atoms with Gasteiger partial charge in [0.2, 0.25) is 0 Å². The molecule has 2 fully saturated rings. The molecule has 0 aromatic rings. The quantitative estimate of drug-likeness (QED) is 0.586. The van der Waals surface area contributed by atoms with Crippen molar-refractivity contribution in [1.29, 1.82) is 0 Å². The van der Waals surface area contributed by atoms with Gasteiger partial charge in [0.25, 0.3) is 0 Å². The van der Waals surface area contributed by atoms with Crippen LogP contribution in [0.1, 0.15) is 39.5 Å². The van der Waals surface area contributed by atoms with Crippen molar-refractivity contribution in [3.05, 3.63) is 0 Å². The number of hydrogen-bond acceptors (Lipinski definition) is 3. The van der Waals surface area contributed by atoms with E-state index in [0.29, 0.717) is 25.4 Å². The largest absolute Gasteiger partial charge is 0.411 e. The Balaban J connectivity index is 1.96. The molecule has 5 nitrogen and oxygen atoms in total. The second-order valence-electron chi connectivity index (χ2n) is 5.87. The SMILES string of the molecule is CCC1CN(C(=O)N2CCCC(C)C2)CCC1=NO. The van der Waals surface area contributed by atoms with E-state index in [1.807, 2.05) is 9.80 Å². The molecule has 0 aromatic heterocycles. The highest BCUT2D eigenvalue weighted by Crippen LogP contribution is 2.21. The van der Waals surface area contributed by atoms with Crippen LogP contribution in [0.4, 0.5) is 4.79 Å². The van der Waals surface area contributed by atoms with Gasteiger partial charge in [0, 0.05) is 38.5 Å². The molecule has 2 unspecified atom stereocenters. The summed E-state index contributed by atoms with van der Waals surface area (Å²) in [6.45, 7) is 7.43. The molecule has 2 heterocycles. The summed E-state index contributed by atoms with van der Waals surface area (Å²) >= 11 is 0. The number of hydrogen-bond donors (Lipinski definition) is 1. The van der Waals surface area contributed by atoms with Crippen LogP contribution in [-0.4, -0.2) is 52.9 Å². The number of oxime groups is 1. The van der Waals surface area contributed by atoms with E-state index in [0.717, 1.165) is 31.6 Å². The van der Waals surface area contributed by atoms with E-state index in [1.165, 1.54) is 6.42 Å². The molecule has 2 saturated heterocycles. The minimum Gasteiger partial charge on any atom is -0.411 e. The lowest BCUT2D eigenvalue weighted by Crippen LogP contribution is -2.52. The molecule has 2 atom stereocenters. The van der Waals surface area contributed by atoms with E-state index < -0.39 is 0 Å². The lowest BCUT2D eigenvalue weighted by atomic mass is 9.93. The number of nitrogens with zero attached hydrogens (tertiary/aromatic N) is 3. The van der Waals surface area contributed by atoms with E-state index in [9.17, 15) is 4.79 Å². The monoisotopic (exact) mass is 267 g/mol. The second-order valence-corrected chi connectivity index (χ2v) is 5.87. The summed E-state index contributed by atoms with van der Waals surface area (Å²) in [5, 5.41) is 12.4. The topological polar surface area (TPSA) is 56.1 Å². The predicted octanol–water partition coefficient (Wildman–Crippen LogP) is 2.40. The van der Waals surface area contributed by atoms with Crippen LogP contribution in [0.25, 0.3) is 0 Å². The van der Waals surface area contributed by atoms with Crippen molar-refractivity contribution in [2.45, 2.75) is 39.5 Å². The first kappa shape index (κ1) is 14.2. The van der Waals surface area contributed by atoms with Crippen LogP contribution in [0.3, 0.4) is 0 Å². The summed E-state index contributed by atoms with van der Waals surface area (Å²) in [5.41, 5.74) is 0.846. The third-order valence-corrected chi connectivity index (χ3v) is 4.37. The van der Waals surface area contributed by atoms with Crippen molar-refractivity contribution >= 4 is 11.7 Å². The maximum atomic E-state index is 12.5. The molecule has 2 aliphatic rings. The lowest BCUT2D eigenvalue weighted by Gasteiger charge is -2.39. The second kappa shape index (κ2) is 6.26. The summed E-state index contributed by atoms with van der Waals surface area (Å²) in [7, 11) is 0. The van der Waals surface area contributed by atoms with Crippen LogP contribution < -0.4 is 0 Å². The Bertz CT molecular complexity index is 357. The number of amides is 2. The van der Waals surface area contributed by atoms with Gasteiger partial charge < -0.3 is 15.0 Å². The first-order valence-electron chi connectivity index (χ1n) is 7.40. The molecule has 0 saturated carbocycles. The number of rotatable bonds is 1. The van der Waals surface area contributed by atoms with Gasteiger partial charge in [0.1, 0.15) is 0 Å². The van der Waals surface area contributed by atoms with Gasteiger partial charge in [0.05, 0.1) is 5.71 Å². The molecule has 0 radical (unpaired) electrons. The first-order valence-corrected chi connectivity index (χ1v) is 7.40. The van der Waals surface area contributed by atoms with E-state index in [1.54, 1.807) is 0 Å². The molecule has 108 valence electrons. The van der Waals surface area contributed by atoms with Crippen molar-refractivity contribution in [1.82, 2.24) is 9.80 Å². The average molecular weight is 267 g/mol. The fourth-order valence-electron chi connectivity index (χ4n) is 3.15. The molecule has 19 heavy (non-hydrogen) atoms. The Hall–Kier alpha value is -1.26. The molecule has 0 spiro atoms. The Kier molecular flexibility index (Phi) is 4.66. The van der Waals surface area contributed by atoms with Gasteiger partial charge in [-0.3, -0.25) is 0 Å². The summed E-state index contributed by atoms with van der Waals surface area (Å²) in [6, 6.07) is 0.169. The molecule has 0 bridgehead atoms. The minimum atomic E-state index is 0.169. The number of urea groups is 1. The molecule has 2 amide bonds. The summed E-state index contributed by atoms with van der Waals surface area (Å²) in [4.78, 5) is 16.4. The molecule has 1 N–H and O–H groups in total. The summed E-state index contributed by atoms with van der Waals surface area (Å²) < 4.78 is 0. The zero-order valence-corrected chi connectivity index (χ0v) is 12.0. The van der Waals surface area contributed by atoms with Crippen molar-refractivity contribution < 1.29 is 10.0 Å². The summed E-state index contributed by atoms with van der Waals surface area (Å²) in [5.74, 6) is 0.823. The van der Waals surface area contributed by atoms with Gasteiger partial charge >= 0.3 is 6.03 Å². The highest BCUT2D eigenvalue weighted by molar-refractivity contribution is 5.89. The summed E-state index contributed by atoms with van der Waals surface area (Å²) in [6.07, 6.45) is 3.95. The zero-order chi connectivity index (χ0) is 13.8. The fraction of sp³-hybridized carbons (Fsp3) is 0.857. The van der Waals surface area contributed by atoms with Crippen LogP contribution in [-0.2, 0) is 0 Å². The van der Waals surface area contributed by atoms with Gasteiger partial charge in [-0.25, -0.2) is 4.79 Å². The molecule has 0 aromatic carbocycles. The number of piperidine rings is 2. The van der Waals surface area contributed by atoms with Crippen molar-refractivity contribution in [2.75, 3.05) is 26.2 Å². The number of likely N-dealkylation sites (tertiary alicyclic amines) is 2. The molecule has 2 rings (SSSR count). The van der Waals surface area contributed by atoms with Crippen LogP contribution in [0, 0.1) is 11.8 Å². The Morgan fingerprint density at radius 2 is 2.11 bits per heavy atom. The zero-order valence-electron chi connectivity index (χ0n) is 12.0. The Labute approximate surface area is 115 Å². The van der Waals surface area contributed by atoms with Crippen LogP contribution in [0.2, 0.25) is 0 Å². The maximum absolute atomic E-state index is 12.5. The van der Waals surface area contributed by atoms with Gasteiger partial charge in [-0.15, -0.1) is 0 Å². The molecule has 5 heteroatoms. The van der Waals surface area contributed by atoms with Gasteiger partial charge in [0.15, 0.2) is 0 Å². The number of carbonyl (C=O) groups excluding carboxylic acids is 1. The van der Waals surface area contributed by atoms with Gasteiger partial charge in [-0.05, 0) is 25.2 Å². The van der Waals surface area contributed by atoms with Crippen molar-refractivity contribution in [3.63, 3.8) is 0 Å². The van der Waals surface area contributed by atoms with Crippen LogP contribution in [0.5, 0.6) is 0 Å². The normalized spacial score (nSPS) is 30.7. The molecule has 2 aliphatic heterocycles. The molecule has 0 aliphatic carbocycles. The smallest absolute Gasteiger partial charge is 0.320 e. The third-order valence-electron chi connectivity index (χ3n) is 4.37. The Morgan fingerprint density at radius 1 is 1.37 bits per heavy atom. The van der Waals surface area contributed by atoms with E-state index in [2.05, 4.69) is 19.0 Å². The average Bonchev–Trinajstić information content (AvgIpc) is 2.45. The standard InChI is InChI=1S/C14H25N3O2/c1-3-12-10-17(8-6-13(12)15-19)14(18)16-7-4-5-11(2)9-16/h11-12,19H,3-10H2,1-2H3. The fourth-order valence-corrected chi connectivity index (χ4v) is 3.15. The van der Waals surface area contributed by atoms with E-state index in [-0.39, 0.29) is 11.9 Å². The van der Waals surface area contributed by atoms with Gasteiger partial charge in [-0.1, -0.05) is 19.0 Å². The predicted molar refractivity (Wildman–Crippen MR) is 74.6 cm³/mol. The maximum Gasteiger partial charge on any atom is 0.320 e. The van der Waals surface area contributed by atoms with E-state index >= 15 is 0 Å². The Morgan fingerprint density at radius 3 is 2.74 bits per heavy atom. The number of carbonyl (C=O) groups is 1. The first-order chi connectivity index (χ1) is 9.15. The van der Waals surface area contributed by atoms with Crippen molar-refractivity contribution in [2.24, 2.45) is 17.0 Å². The van der Waals surface area contributed by atoms with Crippen LogP contribution in [0.15, 0.2) is 5.16 Å². The van der Waals surface area contributed by atoms with Gasteiger partial charge in [-0.2, -0.15) is 0 Å². The highest BCUT2D eigenvalue weighted by Gasteiger charge is 2.31. The van der Waals surface area contributed by atoms with E-state index in [4.69, 9.17) is 5.21 Å². The molecular formula is C14H25N3O2.